The minimum Gasteiger partial charge on any atom is -0.380 e. The quantitative estimate of drug-likeness (QED) is 0.810. The molecule has 0 aliphatic carbocycles. The van der Waals surface area contributed by atoms with Crippen molar-refractivity contribution in [3.63, 3.8) is 0 Å². The summed E-state index contributed by atoms with van der Waals surface area (Å²) in [5, 5.41) is 14.7. The van der Waals surface area contributed by atoms with Crippen LogP contribution in [0.5, 0.6) is 0 Å². The van der Waals surface area contributed by atoms with Crippen LogP contribution in [-0.2, 0) is 7.05 Å². The summed E-state index contributed by atoms with van der Waals surface area (Å²) in [6.07, 6.45) is 2.76. The molecule has 2 aromatic rings. The zero-order valence-corrected chi connectivity index (χ0v) is 8.82. The Hall–Kier alpha value is -1.20. The summed E-state index contributed by atoms with van der Waals surface area (Å²) in [6.45, 7) is 1.97. The maximum atomic E-state index is 9.96. The van der Waals surface area contributed by atoms with E-state index in [-0.39, 0.29) is 0 Å². The number of aliphatic hydroxyl groups is 1. The summed E-state index contributed by atoms with van der Waals surface area (Å²) in [4.78, 5) is 5.24. The second kappa shape index (κ2) is 3.51. The van der Waals surface area contributed by atoms with Crippen molar-refractivity contribution in [1.82, 2.24) is 14.8 Å². The molecular formula is C9H11N3OS. The van der Waals surface area contributed by atoms with Crippen LogP contribution in [-0.4, -0.2) is 19.9 Å². The monoisotopic (exact) mass is 209 g/mol. The van der Waals surface area contributed by atoms with Crippen LogP contribution in [0.2, 0.25) is 0 Å². The molecule has 0 amide bonds. The average molecular weight is 209 g/mol. The Labute approximate surface area is 85.8 Å². The number of aromatic nitrogens is 3. The van der Waals surface area contributed by atoms with Crippen LogP contribution in [0.25, 0.3) is 0 Å². The summed E-state index contributed by atoms with van der Waals surface area (Å²) in [5.41, 5.74) is 0.763. The van der Waals surface area contributed by atoms with E-state index in [4.69, 9.17) is 0 Å². The Balaban J connectivity index is 2.33. The van der Waals surface area contributed by atoms with E-state index in [1.54, 1.807) is 30.2 Å². The second-order valence-corrected chi connectivity index (χ2v) is 4.36. The van der Waals surface area contributed by atoms with Crippen molar-refractivity contribution in [3.05, 3.63) is 34.0 Å². The molecule has 0 bridgehead atoms. The third-order valence-electron chi connectivity index (χ3n) is 2.01. The molecule has 0 aliphatic rings. The Morgan fingerprint density at radius 2 is 2.36 bits per heavy atom. The van der Waals surface area contributed by atoms with Gasteiger partial charge in [0.2, 0.25) is 0 Å². The standard InChI is InChI=1S/C9H11N3OS/c1-6-5-10-9(14-6)8(13)7-3-4-11-12(7)2/h3-5,8,13H,1-2H3. The highest BCUT2D eigenvalue weighted by Gasteiger charge is 2.16. The van der Waals surface area contributed by atoms with Crippen molar-refractivity contribution in [3.8, 4) is 0 Å². The van der Waals surface area contributed by atoms with Crippen LogP contribution in [0.1, 0.15) is 21.7 Å². The normalized spacial score (nSPS) is 13.1. The van der Waals surface area contributed by atoms with E-state index >= 15 is 0 Å². The maximum Gasteiger partial charge on any atom is 0.147 e. The Morgan fingerprint density at radius 3 is 2.86 bits per heavy atom. The number of hydrogen-bond donors (Lipinski definition) is 1. The number of aliphatic hydroxyl groups excluding tert-OH is 1. The van der Waals surface area contributed by atoms with Gasteiger partial charge in [-0.25, -0.2) is 4.98 Å². The predicted molar refractivity (Wildman–Crippen MR) is 54.1 cm³/mol. The highest BCUT2D eigenvalue weighted by molar-refractivity contribution is 7.11. The Morgan fingerprint density at radius 1 is 1.57 bits per heavy atom. The van der Waals surface area contributed by atoms with Crippen molar-refractivity contribution in [2.24, 2.45) is 7.05 Å². The fourth-order valence-corrected chi connectivity index (χ4v) is 2.05. The van der Waals surface area contributed by atoms with E-state index in [1.165, 1.54) is 11.3 Å². The molecule has 0 saturated heterocycles. The van der Waals surface area contributed by atoms with Crippen LogP contribution >= 0.6 is 11.3 Å². The zero-order chi connectivity index (χ0) is 10.1. The topological polar surface area (TPSA) is 50.9 Å². The highest BCUT2D eigenvalue weighted by Crippen LogP contribution is 2.24. The van der Waals surface area contributed by atoms with Gasteiger partial charge in [-0.05, 0) is 13.0 Å². The van der Waals surface area contributed by atoms with Gasteiger partial charge in [0.25, 0.3) is 0 Å². The summed E-state index contributed by atoms with van der Waals surface area (Å²) in [5.74, 6) is 0. The summed E-state index contributed by atoms with van der Waals surface area (Å²) in [6, 6.07) is 1.79. The average Bonchev–Trinajstić information content (AvgIpc) is 2.73. The third-order valence-corrected chi connectivity index (χ3v) is 2.98. The van der Waals surface area contributed by atoms with E-state index in [0.717, 1.165) is 10.6 Å². The van der Waals surface area contributed by atoms with Gasteiger partial charge < -0.3 is 5.11 Å². The zero-order valence-electron chi connectivity index (χ0n) is 8.01. The summed E-state index contributed by atoms with van der Waals surface area (Å²) < 4.78 is 1.65. The van der Waals surface area contributed by atoms with Crippen molar-refractivity contribution >= 4 is 11.3 Å². The number of nitrogens with zero attached hydrogens (tertiary/aromatic N) is 3. The lowest BCUT2D eigenvalue weighted by Crippen LogP contribution is -2.05. The van der Waals surface area contributed by atoms with Crippen molar-refractivity contribution in [2.45, 2.75) is 13.0 Å². The van der Waals surface area contributed by atoms with Crippen LogP contribution in [0.3, 0.4) is 0 Å². The van der Waals surface area contributed by atoms with Gasteiger partial charge in [0.15, 0.2) is 0 Å². The molecule has 2 heterocycles. The van der Waals surface area contributed by atoms with Gasteiger partial charge in [0, 0.05) is 24.3 Å². The Bertz CT molecular complexity index is 435. The smallest absolute Gasteiger partial charge is 0.147 e. The van der Waals surface area contributed by atoms with Gasteiger partial charge in [0.05, 0.1) is 5.69 Å². The van der Waals surface area contributed by atoms with E-state index in [9.17, 15) is 5.11 Å². The fraction of sp³-hybridized carbons (Fsp3) is 0.333. The number of thiazole rings is 1. The van der Waals surface area contributed by atoms with Gasteiger partial charge >= 0.3 is 0 Å². The van der Waals surface area contributed by atoms with Gasteiger partial charge in [-0.3, -0.25) is 4.68 Å². The molecule has 0 radical (unpaired) electrons. The molecule has 0 saturated carbocycles. The molecule has 5 heteroatoms. The minimum atomic E-state index is -0.666. The highest BCUT2D eigenvalue weighted by atomic mass is 32.1. The van der Waals surface area contributed by atoms with Crippen molar-refractivity contribution in [2.75, 3.05) is 0 Å². The molecule has 4 nitrogen and oxygen atoms in total. The number of rotatable bonds is 2. The first-order chi connectivity index (χ1) is 6.68. The van der Waals surface area contributed by atoms with E-state index in [2.05, 4.69) is 10.1 Å². The van der Waals surface area contributed by atoms with Gasteiger partial charge in [0.1, 0.15) is 11.1 Å². The molecule has 0 aromatic carbocycles. The molecule has 2 aromatic heterocycles. The lowest BCUT2D eigenvalue weighted by atomic mass is 10.3. The molecule has 2 rings (SSSR count). The predicted octanol–water partition coefficient (Wildman–Crippen LogP) is 1.27. The second-order valence-electron chi connectivity index (χ2n) is 3.09. The van der Waals surface area contributed by atoms with E-state index in [1.807, 2.05) is 6.92 Å². The molecule has 0 aliphatic heterocycles. The van der Waals surface area contributed by atoms with Crippen molar-refractivity contribution < 1.29 is 5.11 Å². The van der Waals surface area contributed by atoms with Crippen LogP contribution in [0, 0.1) is 6.92 Å². The SMILES string of the molecule is Cc1cnc(C(O)c2ccnn2C)s1. The lowest BCUT2D eigenvalue weighted by molar-refractivity contribution is 0.209. The van der Waals surface area contributed by atoms with Crippen molar-refractivity contribution in [1.29, 1.82) is 0 Å². The first-order valence-electron chi connectivity index (χ1n) is 4.27. The molecule has 14 heavy (non-hydrogen) atoms. The van der Waals surface area contributed by atoms with E-state index < -0.39 is 6.10 Å². The summed E-state index contributed by atoms with van der Waals surface area (Å²) >= 11 is 1.50. The largest absolute Gasteiger partial charge is 0.380 e. The Kier molecular flexibility index (Phi) is 2.35. The first kappa shape index (κ1) is 9.36. The molecule has 1 atom stereocenters. The molecule has 0 spiro atoms. The molecule has 1 unspecified atom stereocenters. The van der Waals surface area contributed by atoms with E-state index in [0.29, 0.717) is 5.01 Å². The van der Waals surface area contributed by atoms with Gasteiger partial charge in [-0.15, -0.1) is 11.3 Å². The molecule has 74 valence electrons. The third kappa shape index (κ3) is 1.56. The minimum absolute atomic E-state index is 0.666. The van der Waals surface area contributed by atoms with Gasteiger partial charge in [-0.2, -0.15) is 5.10 Å². The molecule has 1 N–H and O–H groups in total. The lowest BCUT2D eigenvalue weighted by Gasteiger charge is -2.06. The van der Waals surface area contributed by atoms with Crippen LogP contribution in [0.4, 0.5) is 0 Å². The van der Waals surface area contributed by atoms with Crippen LogP contribution in [0.15, 0.2) is 18.5 Å². The molecule has 0 fully saturated rings. The molecular weight excluding hydrogens is 198 g/mol. The fourth-order valence-electron chi connectivity index (χ4n) is 1.28. The summed E-state index contributed by atoms with van der Waals surface area (Å²) in [7, 11) is 1.80. The number of hydrogen-bond acceptors (Lipinski definition) is 4. The van der Waals surface area contributed by atoms with Gasteiger partial charge in [-0.1, -0.05) is 0 Å². The maximum absolute atomic E-state index is 9.96. The van der Waals surface area contributed by atoms with Crippen LogP contribution < -0.4 is 0 Å². The number of aryl methyl sites for hydroxylation is 2. The first-order valence-corrected chi connectivity index (χ1v) is 5.08.